The van der Waals surface area contributed by atoms with E-state index in [0.29, 0.717) is 11.8 Å². The fourth-order valence-electron chi connectivity index (χ4n) is 2.15. The molecule has 19 heavy (non-hydrogen) atoms. The maximum atomic E-state index is 3.86. The summed E-state index contributed by atoms with van der Waals surface area (Å²) in [6.07, 6.45) is 6.95. The predicted molar refractivity (Wildman–Crippen MR) is 90.6 cm³/mol. The van der Waals surface area contributed by atoms with E-state index in [1.807, 2.05) is 12.2 Å². The van der Waals surface area contributed by atoms with Crippen LogP contribution in [0.2, 0.25) is 0 Å². The molecule has 0 nitrogen and oxygen atoms in total. The average Bonchev–Trinajstić information content (AvgIpc) is 2.36. The Bertz CT molecular complexity index is 384. The van der Waals surface area contributed by atoms with E-state index in [9.17, 15) is 0 Å². The maximum absolute atomic E-state index is 3.86. The summed E-state index contributed by atoms with van der Waals surface area (Å²) in [4.78, 5) is 0. The van der Waals surface area contributed by atoms with Crippen LogP contribution in [0.1, 0.15) is 46.6 Å². The zero-order valence-corrected chi connectivity index (χ0v) is 10.9. The summed E-state index contributed by atoms with van der Waals surface area (Å²) in [5.41, 5.74) is 2.67. The third kappa shape index (κ3) is 6.24. The molecule has 2 atom stereocenters. The lowest BCUT2D eigenvalue weighted by Gasteiger charge is -2.18. The predicted octanol–water partition coefficient (Wildman–Crippen LogP) is 6.39. The van der Waals surface area contributed by atoms with Crippen LogP contribution in [0.4, 0.5) is 0 Å². The van der Waals surface area contributed by atoms with Gasteiger partial charge in [0.25, 0.3) is 0 Å². The monoisotopic (exact) mass is 258 g/mol. The molecule has 0 aromatic heterocycles. The van der Waals surface area contributed by atoms with E-state index in [1.54, 1.807) is 0 Å². The van der Waals surface area contributed by atoms with Crippen LogP contribution in [-0.4, -0.2) is 0 Å². The van der Waals surface area contributed by atoms with Crippen LogP contribution in [0.25, 0.3) is 0 Å². The lowest BCUT2D eigenvalue weighted by atomic mass is 9.87. The summed E-state index contributed by atoms with van der Waals surface area (Å²) in [6, 6.07) is 10.7. The first-order valence-electron chi connectivity index (χ1n) is 6.19. The number of allylic oxidation sites excluding steroid dienone is 4. The van der Waals surface area contributed by atoms with Crippen LogP contribution >= 0.6 is 0 Å². The molecular formula is C19H30. The van der Waals surface area contributed by atoms with Gasteiger partial charge in [0.2, 0.25) is 0 Å². The quantitative estimate of drug-likeness (QED) is 0.519. The molecular weight excluding hydrogens is 228 g/mol. The fourth-order valence-corrected chi connectivity index (χ4v) is 2.15. The van der Waals surface area contributed by atoms with E-state index in [-0.39, 0.29) is 14.9 Å². The van der Waals surface area contributed by atoms with Crippen LogP contribution in [-0.2, 0) is 0 Å². The molecule has 0 saturated carbocycles. The van der Waals surface area contributed by atoms with Gasteiger partial charge in [-0.25, -0.2) is 0 Å². The number of rotatable bonds is 6. The summed E-state index contributed by atoms with van der Waals surface area (Å²) in [5, 5.41) is 0. The van der Waals surface area contributed by atoms with Gasteiger partial charge >= 0.3 is 0 Å². The first-order chi connectivity index (χ1) is 8.19. The van der Waals surface area contributed by atoms with Crippen molar-refractivity contribution in [2.24, 2.45) is 5.92 Å². The Morgan fingerprint density at radius 3 is 2.16 bits per heavy atom. The van der Waals surface area contributed by atoms with Crippen LogP contribution < -0.4 is 0 Å². The third-order valence-corrected chi connectivity index (χ3v) is 3.19. The van der Waals surface area contributed by atoms with Gasteiger partial charge in [0, 0.05) is 0 Å². The highest BCUT2D eigenvalue weighted by Crippen LogP contribution is 2.27. The van der Waals surface area contributed by atoms with Crippen LogP contribution in [0.3, 0.4) is 0 Å². The summed E-state index contributed by atoms with van der Waals surface area (Å²) in [7, 11) is 0. The molecule has 0 heterocycles. The molecule has 0 aliphatic carbocycles. The molecule has 0 aliphatic rings. The van der Waals surface area contributed by atoms with Crippen molar-refractivity contribution in [3.8, 4) is 0 Å². The normalized spacial score (nSPS) is 13.5. The molecule has 0 amide bonds. The van der Waals surface area contributed by atoms with Gasteiger partial charge < -0.3 is 0 Å². The molecule has 1 aromatic rings. The second kappa shape index (κ2) is 10.4. The fraction of sp³-hybridized carbons (Fsp3) is 0.368. The van der Waals surface area contributed by atoms with Gasteiger partial charge in [-0.05, 0) is 29.4 Å². The van der Waals surface area contributed by atoms with Gasteiger partial charge in [0.15, 0.2) is 0 Å². The summed E-state index contributed by atoms with van der Waals surface area (Å²) in [6.45, 7) is 12.1. The Morgan fingerprint density at radius 2 is 1.68 bits per heavy atom. The van der Waals surface area contributed by atoms with Crippen LogP contribution in [0, 0.1) is 5.92 Å². The van der Waals surface area contributed by atoms with Gasteiger partial charge in [0.05, 0.1) is 0 Å². The molecule has 106 valence electrons. The van der Waals surface area contributed by atoms with E-state index in [4.69, 9.17) is 0 Å². The topological polar surface area (TPSA) is 0 Å². The molecule has 0 fully saturated rings. The Balaban J connectivity index is 0. The standard InChI is InChI=1S/C17H22.2CH4/c1-5-10-16(6-2)14(3)13-15(4)17-11-8-7-9-12-17;;/h5-12,14-15H,1-2,13H2,3-4H3;2*1H4/b16-10+;;. The minimum absolute atomic E-state index is 0. The van der Waals surface area contributed by atoms with Crippen molar-refractivity contribution < 1.29 is 0 Å². The SMILES string of the molecule is C.C.C=C/C=C(\C=C)C(C)CC(C)c1ccccc1. The largest absolute Gasteiger partial charge is 0.0991 e. The Kier molecular flexibility index (Phi) is 10.8. The highest BCUT2D eigenvalue weighted by molar-refractivity contribution is 5.25. The maximum Gasteiger partial charge on any atom is -0.0185 e. The molecule has 1 rings (SSSR count). The van der Waals surface area contributed by atoms with Gasteiger partial charge in [-0.15, -0.1) is 0 Å². The van der Waals surface area contributed by atoms with E-state index in [2.05, 4.69) is 63.4 Å². The molecule has 0 aliphatic heterocycles. The van der Waals surface area contributed by atoms with Crippen molar-refractivity contribution in [3.63, 3.8) is 0 Å². The zero-order valence-electron chi connectivity index (χ0n) is 10.9. The molecule has 0 saturated heterocycles. The van der Waals surface area contributed by atoms with Crippen molar-refractivity contribution in [1.29, 1.82) is 0 Å². The summed E-state index contributed by atoms with van der Waals surface area (Å²) in [5.74, 6) is 1.08. The van der Waals surface area contributed by atoms with E-state index >= 15 is 0 Å². The smallest absolute Gasteiger partial charge is 0.0185 e. The molecule has 2 unspecified atom stereocenters. The first kappa shape index (κ1) is 19.8. The zero-order chi connectivity index (χ0) is 12.7. The molecule has 0 bridgehead atoms. The summed E-state index contributed by atoms with van der Waals surface area (Å²) >= 11 is 0. The van der Waals surface area contributed by atoms with Crippen molar-refractivity contribution in [2.75, 3.05) is 0 Å². The average molecular weight is 258 g/mol. The van der Waals surface area contributed by atoms with Crippen LogP contribution in [0.15, 0.2) is 67.3 Å². The highest BCUT2D eigenvalue weighted by atomic mass is 14.2. The first-order valence-corrected chi connectivity index (χ1v) is 6.19. The van der Waals surface area contributed by atoms with E-state index in [0.717, 1.165) is 6.42 Å². The molecule has 0 radical (unpaired) electrons. The molecule has 0 spiro atoms. The van der Waals surface area contributed by atoms with E-state index < -0.39 is 0 Å². The minimum Gasteiger partial charge on any atom is -0.0991 e. The van der Waals surface area contributed by atoms with Crippen molar-refractivity contribution in [3.05, 3.63) is 72.9 Å². The number of hydrogen-bond acceptors (Lipinski definition) is 0. The van der Waals surface area contributed by atoms with Crippen LogP contribution in [0.5, 0.6) is 0 Å². The number of hydrogen-bond donors (Lipinski definition) is 0. The second-order valence-electron chi connectivity index (χ2n) is 4.55. The van der Waals surface area contributed by atoms with E-state index in [1.165, 1.54) is 11.1 Å². The Morgan fingerprint density at radius 1 is 1.11 bits per heavy atom. The lowest BCUT2D eigenvalue weighted by Crippen LogP contribution is -2.03. The van der Waals surface area contributed by atoms with Gasteiger partial charge in [-0.2, -0.15) is 0 Å². The lowest BCUT2D eigenvalue weighted by molar-refractivity contribution is 0.553. The minimum atomic E-state index is 0. The summed E-state index contributed by atoms with van der Waals surface area (Å²) < 4.78 is 0. The highest BCUT2D eigenvalue weighted by Gasteiger charge is 2.12. The number of benzene rings is 1. The Hall–Kier alpha value is -1.56. The van der Waals surface area contributed by atoms with Gasteiger partial charge in [-0.1, -0.05) is 90.4 Å². The van der Waals surface area contributed by atoms with Crippen molar-refractivity contribution in [1.82, 2.24) is 0 Å². The Labute approximate surface area is 120 Å². The van der Waals surface area contributed by atoms with Crippen molar-refractivity contribution >= 4 is 0 Å². The molecule has 0 heteroatoms. The molecule has 0 N–H and O–H groups in total. The van der Waals surface area contributed by atoms with Gasteiger partial charge in [0.1, 0.15) is 0 Å². The van der Waals surface area contributed by atoms with Crippen molar-refractivity contribution in [2.45, 2.75) is 41.0 Å². The molecule has 1 aromatic carbocycles. The second-order valence-corrected chi connectivity index (χ2v) is 4.55. The van der Waals surface area contributed by atoms with Gasteiger partial charge in [-0.3, -0.25) is 0 Å². The third-order valence-electron chi connectivity index (χ3n) is 3.19.